The summed E-state index contributed by atoms with van der Waals surface area (Å²) in [6, 6.07) is 1.71. The van der Waals surface area contributed by atoms with Gasteiger partial charge in [0.25, 0.3) is 0 Å². The highest BCUT2D eigenvalue weighted by Gasteiger charge is 2.38. The van der Waals surface area contributed by atoms with Crippen LogP contribution in [-0.4, -0.2) is 18.6 Å². The summed E-state index contributed by atoms with van der Waals surface area (Å²) >= 11 is -0.799. The van der Waals surface area contributed by atoms with Gasteiger partial charge in [0.1, 0.15) is 0 Å². The second kappa shape index (κ2) is 5.85. The second-order valence-corrected chi connectivity index (χ2v) is 4.65. The molecule has 0 unspecified atom stereocenters. The zero-order chi connectivity index (χ0) is 16.4. The quantitative estimate of drug-likeness (QED) is 0.468. The molecule has 0 amide bonds. The Bertz CT molecular complexity index is 602. The lowest BCUT2D eigenvalue weighted by atomic mass is 10.0. The van der Waals surface area contributed by atoms with Gasteiger partial charge in [-0.25, -0.2) is 4.79 Å². The molecule has 0 spiro atoms. The van der Waals surface area contributed by atoms with E-state index < -0.39 is 51.0 Å². The molecular weight excluding hydrogens is 324 g/mol. The summed E-state index contributed by atoms with van der Waals surface area (Å²) in [6.07, 6.45) is -4.99. The number of benzene rings is 1. The average Bonchev–Trinajstić information content (AvgIpc) is 2.34. The number of hydrogen-bond acceptors (Lipinski definition) is 4. The molecule has 1 aromatic carbocycles. The van der Waals surface area contributed by atoms with Crippen molar-refractivity contribution in [2.24, 2.45) is 0 Å². The van der Waals surface area contributed by atoms with Gasteiger partial charge in [-0.2, -0.15) is 31.6 Å². The fourth-order valence-corrected chi connectivity index (χ4v) is 2.06. The third-order valence-corrected chi connectivity index (χ3v) is 2.97. The summed E-state index contributed by atoms with van der Waals surface area (Å²) < 4.78 is 79.4. The summed E-state index contributed by atoms with van der Waals surface area (Å²) in [5.74, 6) is -1.36. The van der Waals surface area contributed by atoms with Gasteiger partial charge in [-0.05, 0) is 23.9 Å². The van der Waals surface area contributed by atoms with Crippen LogP contribution in [0.4, 0.5) is 26.3 Å². The molecule has 0 aliphatic heterocycles. The van der Waals surface area contributed by atoms with Gasteiger partial charge >= 0.3 is 17.7 Å². The largest absolute Gasteiger partial charge is 0.465 e. The fourth-order valence-electron chi connectivity index (χ4n) is 1.39. The number of rotatable bonds is 2. The first kappa shape index (κ1) is 17.2. The summed E-state index contributed by atoms with van der Waals surface area (Å²) in [7, 11) is 0.815. The van der Waals surface area contributed by atoms with E-state index in [0.717, 1.165) is 13.2 Å². The number of nitriles is 1. The molecular formula is C11H5F6NO2S. The molecule has 0 aliphatic rings. The molecule has 0 heterocycles. The summed E-state index contributed by atoms with van der Waals surface area (Å²) in [5.41, 5.74) is -8.26. The first-order valence-electron chi connectivity index (χ1n) is 4.99. The molecule has 3 nitrogen and oxygen atoms in total. The fraction of sp³-hybridized carbons (Fsp3) is 0.273. The Morgan fingerprint density at radius 1 is 1.24 bits per heavy atom. The Morgan fingerprint density at radius 2 is 1.81 bits per heavy atom. The maximum atomic E-state index is 12.7. The van der Waals surface area contributed by atoms with Crippen molar-refractivity contribution < 1.29 is 35.9 Å². The minimum atomic E-state index is -4.99. The lowest BCUT2D eigenvalue weighted by molar-refractivity contribution is -0.137. The zero-order valence-corrected chi connectivity index (χ0v) is 10.9. The Labute approximate surface area is 118 Å². The standard InChI is InChI=1S/C11H5F6NO2S/c1-20-9(19)6-3-7(10(12,13)14)5(4-18)2-8(6)21-11(15,16)17/h2-3H,1H3. The number of nitrogens with zero attached hydrogens (tertiary/aromatic N) is 1. The van der Waals surface area contributed by atoms with Crippen molar-refractivity contribution in [3.05, 3.63) is 28.8 Å². The average molecular weight is 329 g/mol. The number of carbonyl (C=O) groups is 1. The number of esters is 1. The van der Waals surface area contributed by atoms with Crippen LogP contribution in [-0.2, 0) is 10.9 Å². The van der Waals surface area contributed by atoms with E-state index >= 15 is 0 Å². The Kier molecular flexibility index (Phi) is 4.78. The molecule has 0 saturated heterocycles. The number of methoxy groups -OCH3 is 1. The number of ether oxygens (including phenoxy) is 1. The molecule has 0 aliphatic carbocycles. The SMILES string of the molecule is COC(=O)c1cc(C(F)(F)F)c(C#N)cc1SC(F)(F)F. The van der Waals surface area contributed by atoms with Gasteiger partial charge in [0, 0.05) is 4.90 Å². The number of halogens is 6. The van der Waals surface area contributed by atoms with Crippen LogP contribution in [0.25, 0.3) is 0 Å². The van der Waals surface area contributed by atoms with Crippen LogP contribution in [0.15, 0.2) is 17.0 Å². The van der Waals surface area contributed by atoms with Gasteiger partial charge in [-0.1, -0.05) is 0 Å². The Morgan fingerprint density at radius 3 is 2.19 bits per heavy atom. The zero-order valence-electron chi connectivity index (χ0n) is 10.1. The van der Waals surface area contributed by atoms with Crippen molar-refractivity contribution in [2.75, 3.05) is 7.11 Å². The molecule has 0 atom stereocenters. The predicted molar refractivity (Wildman–Crippen MR) is 59.4 cm³/mol. The third kappa shape index (κ3) is 4.29. The smallest absolute Gasteiger partial charge is 0.446 e. The molecule has 0 saturated carbocycles. The lowest BCUT2D eigenvalue weighted by Gasteiger charge is -2.14. The van der Waals surface area contributed by atoms with E-state index in [1.165, 1.54) is 0 Å². The van der Waals surface area contributed by atoms with Crippen LogP contribution >= 0.6 is 11.8 Å². The minimum Gasteiger partial charge on any atom is -0.465 e. The van der Waals surface area contributed by atoms with Crippen LogP contribution in [0, 0.1) is 11.3 Å². The monoisotopic (exact) mass is 329 g/mol. The first-order valence-corrected chi connectivity index (χ1v) is 5.80. The van der Waals surface area contributed by atoms with Crippen molar-refractivity contribution in [1.29, 1.82) is 5.26 Å². The van der Waals surface area contributed by atoms with Crippen LogP contribution in [0.5, 0.6) is 0 Å². The van der Waals surface area contributed by atoms with Crippen molar-refractivity contribution in [3.8, 4) is 6.07 Å². The van der Waals surface area contributed by atoms with Crippen molar-refractivity contribution in [2.45, 2.75) is 16.6 Å². The van der Waals surface area contributed by atoms with E-state index in [4.69, 9.17) is 5.26 Å². The second-order valence-electron chi connectivity index (χ2n) is 3.54. The summed E-state index contributed by atoms with van der Waals surface area (Å²) in [5, 5.41) is 8.63. The normalized spacial score (nSPS) is 11.9. The van der Waals surface area contributed by atoms with Gasteiger partial charge in [0.05, 0.1) is 29.9 Å². The molecule has 0 N–H and O–H groups in total. The molecule has 0 radical (unpaired) electrons. The van der Waals surface area contributed by atoms with Crippen LogP contribution < -0.4 is 0 Å². The number of hydrogen-bond donors (Lipinski definition) is 0. The molecule has 0 fully saturated rings. The Hall–Kier alpha value is -1.89. The molecule has 114 valence electrons. The highest BCUT2D eigenvalue weighted by molar-refractivity contribution is 8.00. The lowest BCUT2D eigenvalue weighted by Crippen LogP contribution is -2.13. The third-order valence-electron chi connectivity index (χ3n) is 2.18. The maximum absolute atomic E-state index is 12.7. The molecule has 1 rings (SSSR count). The summed E-state index contributed by atoms with van der Waals surface area (Å²) in [4.78, 5) is 10.5. The topological polar surface area (TPSA) is 50.1 Å². The van der Waals surface area contributed by atoms with Crippen molar-refractivity contribution in [1.82, 2.24) is 0 Å². The van der Waals surface area contributed by atoms with Crippen molar-refractivity contribution >= 4 is 17.7 Å². The van der Waals surface area contributed by atoms with Gasteiger partial charge in [-0.15, -0.1) is 0 Å². The number of alkyl halides is 6. The van der Waals surface area contributed by atoms with E-state index in [2.05, 4.69) is 4.74 Å². The van der Waals surface area contributed by atoms with Gasteiger partial charge in [0.2, 0.25) is 0 Å². The van der Waals surface area contributed by atoms with Gasteiger partial charge in [-0.3, -0.25) is 0 Å². The number of thioether (sulfide) groups is 1. The van der Waals surface area contributed by atoms with E-state index in [0.29, 0.717) is 6.07 Å². The molecule has 10 heteroatoms. The van der Waals surface area contributed by atoms with Crippen LogP contribution in [0.2, 0.25) is 0 Å². The highest BCUT2D eigenvalue weighted by Crippen LogP contribution is 2.42. The molecule has 0 aromatic heterocycles. The highest BCUT2D eigenvalue weighted by atomic mass is 32.2. The van der Waals surface area contributed by atoms with E-state index in [1.54, 1.807) is 0 Å². The minimum absolute atomic E-state index is 0.179. The maximum Gasteiger partial charge on any atom is 0.446 e. The van der Waals surface area contributed by atoms with Crippen LogP contribution in [0.1, 0.15) is 21.5 Å². The molecule has 1 aromatic rings. The first-order chi connectivity index (χ1) is 9.49. The Balaban J connectivity index is 3.57. The number of carbonyl (C=O) groups excluding carboxylic acids is 1. The van der Waals surface area contributed by atoms with Crippen LogP contribution in [0.3, 0.4) is 0 Å². The van der Waals surface area contributed by atoms with Crippen molar-refractivity contribution in [3.63, 3.8) is 0 Å². The van der Waals surface area contributed by atoms with Gasteiger partial charge in [0.15, 0.2) is 0 Å². The molecule has 0 bridgehead atoms. The van der Waals surface area contributed by atoms with E-state index in [9.17, 15) is 31.1 Å². The predicted octanol–water partition coefficient (Wildman–Crippen LogP) is 3.98. The molecule has 21 heavy (non-hydrogen) atoms. The van der Waals surface area contributed by atoms with E-state index in [1.807, 2.05) is 0 Å². The van der Waals surface area contributed by atoms with E-state index in [-0.39, 0.29) is 6.07 Å². The summed E-state index contributed by atoms with van der Waals surface area (Å²) in [6.45, 7) is 0. The van der Waals surface area contributed by atoms with Gasteiger partial charge < -0.3 is 4.74 Å².